The van der Waals surface area contributed by atoms with Crippen LogP contribution in [0.15, 0.2) is 36.4 Å². The molecule has 0 aromatic heterocycles. The van der Waals surface area contributed by atoms with E-state index in [0.717, 1.165) is 38.1 Å². The molecule has 142 valence electrons. The zero-order valence-corrected chi connectivity index (χ0v) is 14.4. The van der Waals surface area contributed by atoms with Gasteiger partial charge in [0, 0.05) is 25.2 Å². The van der Waals surface area contributed by atoms with Crippen LogP contribution in [0.4, 0.5) is 23.7 Å². The average molecular weight is 377 g/mol. The number of nitrogens with one attached hydrogen (secondary N) is 2. The summed E-state index contributed by atoms with van der Waals surface area (Å²) in [5, 5.41) is 4.61. The number of rotatable bonds is 4. The summed E-state index contributed by atoms with van der Waals surface area (Å²) < 4.78 is 39.7. The number of anilines is 1. The third kappa shape index (κ3) is 4.39. The predicted molar refractivity (Wildman–Crippen MR) is 93.8 cm³/mol. The molecule has 0 radical (unpaired) electrons. The molecule has 2 aromatic carbocycles. The van der Waals surface area contributed by atoms with E-state index in [2.05, 4.69) is 10.6 Å². The summed E-state index contributed by atoms with van der Waals surface area (Å²) in [6.07, 6.45) is 1.99. The van der Waals surface area contributed by atoms with Crippen LogP contribution in [0.25, 0.3) is 0 Å². The lowest BCUT2D eigenvalue weighted by Crippen LogP contribution is -2.29. The Morgan fingerprint density at radius 3 is 2.48 bits per heavy atom. The minimum Gasteiger partial charge on any atom is -0.339 e. The third-order valence-electron chi connectivity index (χ3n) is 4.30. The quantitative estimate of drug-likeness (QED) is 0.799. The number of hydrogen-bond acceptors (Lipinski definition) is 2. The van der Waals surface area contributed by atoms with Gasteiger partial charge in [0.25, 0.3) is 5.91 Å². The van der Waals surface area contributed by atoms with Crippen LogP contribution in [0.5, 0.6) is 0 Å². The molecule has 1 aliphatic rings. The molecule has 1 heterocycles. The molecule has 1 aliphatic heterocycles. The van der Waals surface area contributed by atoms with Crippen LogP contribution in [-0.4, -0.2) is 29.9 Å². The molecular formula is C19H18F3N3O2. The highest BCUT2D eigenvalue weighted by Crippen LogP contribution is 2.19. The van der Waals surface area contributed by atoms with Gasteiger partial charge in [0.05, 0.1) is 5.69 Å². The van der Waals surface area contributed by atoms with Crippen molar-refractivity contribution in [3.05, 3.63) is 65.0 Å². The lowest BCUT2D eigenvalue weighted by atomic mass is 10.1. The van der Waals surface area contributed by atoms with E-state index in [9.17, 15) is 22.8 Å². The minimum atomic E-state index is -1.65. The van der Waals surface area contributed by atoms with E-state index in [1.165, 1.54) is 0 Å². The fourth-order valence-corrected chi connectivity index (χ4v) is 2.89. The summed E-state index contributed by atoms with van der Waals surface area (Å²) in [5.41, 5.74) is 0.744. The Balaban J connectivity index is 1.60. The fourth-order valence-electron chi connectivity index (χ4n) is 2.89. The van der Waals surface area contributed by atoms with Crippen molar-refractivity contribution in [2.75, 3.05) is 18.4 Å². The highest BCUT2D eigenvalue weighted by atomic mass is 19.2. The normalized spacial score (nSPS) is 13.5. The molecule has 5 nitrogen and oxygen atoms in total. The molecule has 2 N–H and O–H groups in total. The van der Waals surface area contributed by atoms with Gasteiger partial charge in [-0.25, -0.2) is 18.0 Å². The topological polar surface area (TPSA) is 61.4 Å². The van der Waals surface area contributed by atoms with E-state index in [0.29, 0.717) is 11.1 Å². The number of hydrogen-bond donors (Lipinski definition) is 2. The zero-order chi connectivity index (χ0) is 19.4. The first-order valence-corrected chi connectivity index (χ1v) is 8.52. The first kappa shape index (κ1) is 18.8. The van der Waals surface area contributed by atoms with Gasteiger partial charge in [-0.3, -0.25) is 4.79 Å². The molecule has 0 saturated carbocycles. The number of halogens is 3. The Morgan fingerprint density at radius 1 is 1.00 bits per heavy atom. The van der Waals surface area contributed by atoms with Gasteiger partial charge in [-0.1, -0.05) is 12.1 Å². The van der Waals surface area contributed by atoms with E-state index in [-0.39, 0.29) is 12.5 Å². The Morgan fingerprint density at radius 2 is 1.74 bits per heavy atom. The SMILES string of the molecule is O=C(NCc1cccc(C(=O)N2CCCC2)c1)Nc1ccc(F)c(F)c1F. The first-order valence-electron chi connectivity index (χ1n) is 8.52. The number of benzene rings is 2. The monoisotopic (exact) mass is 377 g/mol. The van der Waals surface area contributed by atoms with Crippen molar-refractivity contribution in [1.29, 1.82) is 0 Å². The van der Waals surface area contributed by atoms with Crippen LogP contribution in [0.3, 0.4) is 0 Å². The molecule has 0 bridgehead atoms. The lowest BCUT2D eigenvalue weighted by molar-refractivity contribution is 0.0792. The second-order valence-corrected chi connectivity index (χ2v) is 6.23. The highest BCUT2D eigenvalue weighted by molar-refractivity contribution is 5.94. The summed E-state index contributed by atoms with van der Waals surface area (Å²) in [6.45, 7) is 1.56. The Hall–Kier alpha value is -3.03. The minimum absolute atomic E-state index is 0.0531. The van der Waals surface area contributed by atoms with Gasteiger partial charge in [0.1, 0.15) is 0 Å². The smallest absolute Gasteiger partial charge is 0.319 e. The molecule has 3 amide bonds. The van der Waals surface area contributed by atoms with Gasteiger partial charge in [-0.05, 0) is 42.7 Å². The second kappa shape index (κ2) is 8.11. The Kier molecular flexibility index (Phi) is 5.63. The zero-order valence-electron chi connectivity index (χ0n) is 14.4. The number of urea groups is 1. The lowest BCUT2D eigenvalue weighted by Gasteiger charge is -2.16. The van der Waals surface area contributed by atoms with E-state index in [1.807, 2.05) is 0 Å². The van der Waals surface area contributed by atoms with Crippen LogP contribution < -0.4 is 10.6 Å². The van der Waals surface area contributed by atoms with E-state index < -0.39 is 29.2 Å². The standard InChI is InChI=1S/C19H18F3N3O2/c20-14-6-7-15(17(22)16(14)21)24-19(27)23-11-12-4-3-5-13(10-12)18(26)25-8-1-2-9-25/h3-7,10H,1-2,8-9,11H2,(H2,23,24,27). The molecule has 0 unspecified atom stereocenters. The number of carbonyl (C=O) groups is 2. The van der Waals surface area contributed by atoms with E-state index >= 15 is 0 Å². The summed E-state index contributed by atoms with van der Waals surface area (Å²) >= 11 is 0. The molecule has 0 atom stereocenters. The van der Waals surface area contributed by atoms with Gasteiger partial charge < -0.3 is 15.5 Å². The van der Waals surface area contributed by atoms with Gasteiger partial charge in [0.15, 0.2) is 17.5 Å². The fraction of sp³-hybridized carbons (Fsp3) is 0.263. The molecule has 0 spiro atoms. The highest BCUT2D eigenvalue weighted by Gasteiger charge is 2.19. The van der Waals surface area contributed by atoms with Gasteiger partial charge in [-0.2, -0.15) is 0 Å². The molecule has 1 fully saturated rings. The molecule has 2 aromatic rings. The van der Waals surface area contributed by atoms with Gasteiger partial charge in [-0.15, -0.1) is 0 Å². The van der Waals surface area contributed by atoms with Crippen molar-refractivity contribution in [1.82, 2.24) is 10.2 Å². The van der Waals surface area contributed by atoms with Crippen LogP contribution in [-0.2, 0) is 6.54 Å². The predicted octanol–water partition coefficient (Wildman–Crippen LogP) is 3.66. The van der Waals surface area contributed by atoms with Crippen LogP contribution in [0.2, 0.25) is 0 Å². The summed E-state index contributed by atoms with van der Waals surface area (Å²) in [6, 6.07) is 7.72. The largest absolute Gasteiger partial charge is 0.339 e. The Labute approximate surface area is 154 Å². The third-order valence-corrected chi connectivity index (χ3v) is 4.30. The number of amides is 3. The van der Waals surface area contributed by atoms with Crippen molar-refractivity contribution in [2.45, 2.75) is 19.4 Å². The molecule has 0 aliphatic carbocycles. The summed E-state index contributed by atoms with van der Waals surface area (Å²) in [4.78, 5) is 26.1. The maximum Gasteiger partial charge on any atom is 0.319 e. The van der Waals surface area contributed by atoms with E-state index in [1.54, 1.807) is 29.2 Å². The maximum atomic E-state index is 13.6. The average Bonchev–Trinajstić information content (AvgIpc) is 3.21. The van der Waals surface area contributed by atoms with Gasteiger partial charge >= 0.3 is 6.03 Å². The summed E-state index contributed by atoms with van der Waals surface area (Å²) in [5.74, 6) is -4.51. The molecular weight excluding hydrogens is 359 g/mol. The molecule has 3 rings (SSSR count). The van der Waals surface area contributed by atoms with Crippen molar-refractivity contribution in [3.63, 3.8) is 0 Å². The van der Waals surface area contributed by atoms with Crippen molar-refractivity contribution < 1.29 is 22.8 Å². The van der Waals surface area contributed by atoms with Crippen molar-refractivity contribution in [2.24, 2.45) is 0 Å². The maximum absolute atomic E-state index is 13.6. The molecule has 1 saturated heterocycles. The first-order chi connectivity index (χ1) is 13.0. The van der Waals surface area contributed by atoms with Crippen molar-refractivity contribution in [3.8, 4) is 0 Å². The number of nitrogens with zero attached hydrogens (tertiary/aromatic N) is 1. The number of likely N-dealkylation sites (tertiary alicyclic amines) is 1. The summed E-state index contributed by atoms with van der Waals surface area (Å²) in [7, 11) is 0. The Bertz CT molecular complexity index is 867. The van der Waals surface area contributed by atoms with E-state index in [4.69, 9.17) is 0 Å². The molecule has 27 heavy (non-hydrogen) atoms. The number of carbonyl (C=O) groups excluding carboxylic acids is 2. The van der Waals surface area contributed by atoms with Crippen LogP contribution >= 0.6 is 0 Å². The van der Waals surface area contributed by atoms with Crippen molar-refractivity contribution >= 4 is 17.6 Å². The van der Waals surface area contributed by atoms with Gasteiger partial charge in [0.2, 0.25) is 0 Å². The van der Waals surface area contributed by atoms with Crippen LogP contribution in [0, 0.1) is 17.5 Å². The molecule has 8 heteroatoms. The van der Waals surface area contributed by atoms with Crippen LogP contribution in [0.1, 0.15) is 28.8 Å². The second-order valence-electron chi connectivity index (χ2n) is 6.23.